The zero-order valence-corrected chi connectivity index (χ0v) is 12.1. The summed E-state index contributed by atoms with van der Waals surface area (Å²) < 4.78 is 96.0. The van der Waals surface area contributed by atoms with Crippen molar-refractivity contribution >= 4 is 22.1 Å². The molecule has 7 nitrogen and oxygen atoms in total. The second kappa shape index (κ2) is 6.12. The van der Waals surface area contributed by atoms with Crippen molar-refractivity contribution in [2.75, 3.05) is 0 Å². The molecule has 0 saturated heterocycles. The van der Waals surface area contributed by atoms with E-state index in [1.54, 1.807) is 0 Å². The lowest BCUT2D eigenvalue weighted by molar-refractivity contribution is -0.538. The molecule has 23 heavy (non-hydrogen) atoms. The molecule has 15 heteroatoms. The fourth-order valence-electron chi connectivity index (χ4n) is 1.22. The Bertz CT molecular complexity index is 602. The number of aromatic nitrogens is 2. The molecule has 0 radical (unpaired) electrons. The van der Waals surface area contributed by atoms with Gasteiger partial charge in [0, 0.05) is 7.05 Å². The molecule has 0 fully saturated rings. The van der Waals surface area contributed by atoms with Crippen molar-refractivity contribution in [3.05, 3.63) is 10.2 Å². The van der Waals surface area contributed by atoms with Gasteiger partial charge in [0.15, 0.2) is 5.69 Å². The van der Waals surface area contributed by atoms with Gasteiger partial charge in [0.1, 0.15) is 4.47 Å². The van der Waals surface area contributed by atoms with Crippen LogP contribution in [-0.4, -0.2) is 33.7 Å². The van der Waals surface area contributed by atoms with Crippen LogP contribution >= 0.6 is 15.9 Å². The lowest BCUT2D eigenvalue weighted by atomic mass is 10.4. The van der Waals surface area contributed by atoms with Gasteiger partial charge in [-0.1, -0.05) is 0 Å². The molecule has 0 spiro atoms. The monoisotopic (exact) mass is 420 g/mol. The van der Waals surface area contributed by atoms with Crippen LogP contribution in [-0.2, 0) is 22.6 Å². The second-order valence-corrected chi connectivity index (χ2v) is 4.38. The van der Waals surface area contributed by atoms with Crippen LogP contribution in [0.15, 0.2) is 4.47 Å². The summed E-state index contributed by atoms with van der Waals surface area (Å²) in [5.74, 6) is -0.851. The van der Waals surface area contributed by atoms with Gasteiger partial charge < -0.3 is 9.84 Å². The third-order valence-corrected chi connectivity index (χ3v) is 2.60. The minimum Gasteiger partial charge on any atom is -0.449 e. The zero-order chi connectivity index (χ0) is 18.2. The summed E-state index contributed by atoms with van der Waals surface area (Å²) in [6.45, 7) is 0. The molecular formula is C8H4BrF7N2O5. The van der Waals surface area contributed by atoms with Crippen LogP contribution in [0.3, 0.4) is 0 Å². The number of carbonyl (C=O) groups is 1. The van der Waals surface area contributed by atoms with E-state index in [9.17, 15) is 35.5 Å². The van der Waals surface area contributed by atoms with Crippen molar-refractivity contribution in [2.45, 2.75) is 18.8 Å². The maximum atomic E-state index is 13.6. The van der Waals surface area contributed by atoms with Crippen LogP contribution in [0.2, 0.25) is 0 Å². The van der Waals surface area contributed by atoms with Crippen LogP contribution in [0.25, 0.3) is 0 Å². The third kappa shape index (κ3) is 5.21. The van der Waals surface area contributed by atoms with Crippen LogP contribution in [0.5, 0.6) is 5.88 Å². The van der Waals surface area contributed by atoms with Gasteiger partial charge in [-0.05, 0) is 15.9 Å². The predicted octanol–water partition coefficient (Wildman–Crippen LogP) is 3.39. The van der Waals surface area contributed by atoms with Crippen LogP contribution in [0.1, 0.15) is 5.69 Å². The first-order valence-corrected chi connectivity index (χ1v) is 5.80. The number of nitrogens with zero attached hydrogens (tertiary/aromatic N) is 2. The number of aryl methyl sites for hydroxylation is 1. The molecule has 1 aromatic heterocycles. The Balaban J connectivity index is 3.11. The van der Waals surface area contributed by atoms with E-state index >= 15 is 0 Å². The van der Waals surface area contributed by atoms with Crippen molar-refractivity contribution in [3.8, 4) is 5.88 Å². The minimum absolute atomic E-state index is 0.396. The minimum atomic E-state index is -5.96. The van der Waals surface area contributed by atoms with Gasteiger partial charge in [-0.2, -0.15) is 18.6 Å². The Morgan fingerprint density at radius 2 is 1.70 bits per heavy atom. The van der Waals surface area contributed by atoms with Crippen LogP contribution in [0.4, 0.5) is 35.5 Å². The van der Waals surface area contributed by atoms with Crippen molar-refractivity contribution in [2.24, 2.45) is 7.05 Å². The number of carboxylic acid groups (broad SMARTS) is 1. The van der Waals surface area contributed by atoms with Crippen molar-refractivity contribution in [1.82, 2.24) is 9.78 Å². The molecule has 1 N–H and O–H groups in total. The molecule has 0 bridgehead atoms. The number of alkyl halides is 7. The average Bonchev–Trinajstić information content (AvgIpc) is 2.51. The van der Waals surface area contributed by atoms with Crippen LogP contribution < -0.4 is 4.74 Å². The highest BCUT2D eigenvalue weighted by molar-refractivity contribution is 9.10. The summed E-state index contributed by atoms with van der Waals surface area (Å²) in [5.41, 5.74) is -1.67. The van der Waals surface area contributed by atoms with Crippen LogP contribution in [0, 0.1) is 0 Å². The van der Waals surface area contributed by atoms with Crippen molar-refractivity contribution < 1.29 is 54.8 Å². The lowest BCUT2D eigenvalue weighted by Gasteiger charge is -2.22. The molecule has 1 aromatic rings. The van der Waals surface area contributed by atoms with E-state index in [1.165, 1.54) is 0 Å². The maximum Gasteiger partial charge on any atom is 0.529 e. The molecule has 0 aliphatic rings. The van der Waals surface area contributed by atoms with E-state index in [-0.39, 0.29) is 0 Å². The number of rotatable bonds is 5. The molecule has 0 atom stereocenters. The number of halogens is 8. The number of ether oxygens (including phenoxy) is 3. The summed E-state index contributed by atoms with van der Waals surface area (Å²) in [4.78, 5) is 10.3. The normalized spacial score (nSPS) is 13.3. The van der Waals surface area contributed by atoms with Gasteiger partial charge in [0.2, 0.25) is 5.88 Å². The average molecular weight is 421 g/mol. The fourth-order valence-corrected chi connectivity index (χ4v) is 1.86. The first kappa shape index (κ1) is 19.4. The molecule has 1 rings (SSSR count). The van der Waals surface area contributed by atoms with Crippen molar-refractivity contribution in [3.63, 3.8) is 0 Å². The SMILES string of the molecule is Cn1nc(C(F)(F)OC(F)(F)OC(F)(F)F)c(Br)c1OC(=O)O. The Morgan fingerprint density at radius 1 is 1.17 bits per heavy atom. The summed E-state index contributed by atoms with van der Waals surface area (Å²) in [6.07, 6.45) is -18.7. The Hall–Kier alpha value is -1.61. The molecular weight excluding hydrogens is 417 g/mol. The molecule has 132 valence electrons. The number of hydrogen-bond donors (Lipinski definition) is 1. The van der Waals surface area contributed by atoms with Crippen molar-refractivity contribution in [1.29, 1.82) is 0 Å². The number of hydrogen-bond acceptors (Lipinski definition) is 5. The Kier molecular flexibility index (Phi) is 5.17. The second-order valence-electron chi connectivity index (χ2n) is 3.59. The van der Waals surface area contributed by atoms with E-state index in [4.69, 9.17) is 5.11 Å². The van der Waals surface area contributed by atoms with E-state index in [0.29, 0.717) is 4.68 Å². The highest BCUT2D eigenvalue weighted by Crippen LogP contribution is 2.43. The Labute approximate surface area is 129 Å². The summed E-state index contributed by atoms with van der Waals surface area (Å²) in [5, 5.41) is 11.3. The van der Waals surface area contributed by atoms with Gasteiger partial charge in [0.25, 0.3) is 0 Å². The standard InChI is InChI=1S/C8H4BrF7N2O5/c1-18-4(21-5(19)20)2(9)3(17-18)6(10,11)22-8(15,16)23-7(12,13)14/h1H3,(H,19,20). The molecule has 0 saturated carbocycles. The smallest absolute Gasteiger partial charge is 0.449 e. The quantitative estimate of drug-likeness (QED) is 0.446. The van der Waals surface area contributed by atoms with E-state index in [0.717, 1.165) is 7.05 Å². The predicted molar refractivity (Wildman–Crippen MR) is 56.6 cm³/mol. The molecule has 1 heterocycles. The van der Waals surface area contributed by atoms with Gasteiger partial charge in [-0.3, -0.25) is 0 Å². The summed E-state index contributed by atoms with van der Waals surface area (Å²) >= 11 is 2.40. The summed E-state index contributed by atoms with van der Waals surface area (Å²) in [6, 6.07) is 0. The van der Waals surface area contributed by atoms with Gasteiger partial charge >= 0.3 is 24.9 Å². The molecule has 0 amide bonds. The van der Waals surface area contributed by atoms with E-state index in [2.05, 4.69) is 35.2 Å². The molecule has 0 aromatic carbocycles. The lowest BCUT2D eigenvalue weighted by Crippen LogP contribution is -2.38. The van der Waals surface area contributed by atoms with E-state index < -0.39 is 41.0 Å². The third-order valence-electron chi connectivity index (χ3n) is 1.88. The summed E-state index contributed by atoms with van der Waals surface area (Å²) in [7, 11) is 0.896. The first-order valence-electron chi connectivity index (χ1n) is 5.01. The molecule has 0 aliphatic carbocycles. The maximum absolute atomic E-state index is 13.6. The largest absolute Gasteiger partial charge is 0.529 e. The molecule has 0 aliphatic heterocycles. The van der Waals surface area contributed by atoms with Gasteiger partial charge in [0.05, 0.1) is 0 Å². The first-order chi connectivity index (χ1) is 10.1. The van der Waals surface area contributed by atoms with Gasteiger partial charge in [-0.15, -0.1) is 22.0 Å². The Morgan fingerprint density at radius 3 is 2.13 bits per heavy atom. The topological polar surface area (TPSA) is 82.8 Å². The molecule has 0 unspecified atom stereocenters. The highest BCUT2D eigenvalue weighted by atomic mass is 79.9. The fraction of sp³-hybridized carbons (Fsp3) is 0.500. The van der Waals surface area contributed by atoms with Gasteiger partial charge in [-0.25, -0.2) is 14.2 Å². The highest BCUT2D eigenvalue weighted by Gasteiger charge is 2.55. The zero-order valence-electron chi connectivity index (χ0n) is 10.5. The van der Waals surface area contributed by atoms with E-state index in [1.807, 2.05) is 0 Å².